The van der Waals surface area contributed by atoms with Crippen molar-refractivity contribution in [3.8, 4) is 5.75 Å². The average molecular weight is 250 g/mol. The number of nitrogens with zero attached hydrogens (tertiary/aromatic N) is 2. The Hall–Kier alpha value is -1.75. The number of ether oxygens (including phenoxy) is 1. The summed E-state index contributed by atoms with van der Waals surface area (Å²) < 4.78 is 12.4. The summed E-state index contributed by atoms with van der Waals surface area (Å²) in [6.07, 6.45) is 0.792. The molecule has 98 valence electrons. The summed E-state index contributed by atoms with van der Waals surface area (Å²) in [5, 5.41) is 14.6. The van der Waals surface area contributed by atoms with Crippen LogP contribution in [0.5, 0.6) is 5.75 Å². The van der Waals surface area contributed by atoms with Gasteiger partial charge in [-0.3, -0.25) is 4.68 Å². The molecule has 0 aliphatic carbocycles. The molecule has 18 heavy (non-hydrogen) atoms. The highest BCUT2D eigenvalue weighted by Gasteiger charge is 2.26. The lowest BCUT2D eigenvalue weighted by atomic mass is 10.0. The van der Waals surface area contributed by atoms with Gasteiger partial charge in [0.2, 0.25) is 0 Å². The van der Waals surface area contributed by atoms with Crippen LogP contribution < -0.4 is 4.74 Å². The van der Waals surface area contributed by atoms with E-state index in [1.165, 1.54) is 0 Å². The quantitative estimate of drug-likeness (QED) is 0.905. The molecule has 5 heteroatoms. The zero-order valence-electron chi connectivity index (χ0n) is 11.3. The summed E-state index contributed by atoms with van der Waals surface area (Å²) in [6, 6.07) is 0. The third kappa shape index (κ3) is 1.80. The number of rotatable bonds is 3. The van der Waals surface area contributed by atoms with Gasteiger partial charge in [-0.2, -0.15) is 5.10 Å². The molecule has 0 fully saturated rings. The minimum Gasteiger partial charge on any atom is -0.493 e. The molecule has 0 saturated heterocycles. The maximum absolute atomic E-state index is 10.5. The highest BCUT2D eigenvalue weighted by Crippen LogP contribution is 2.34. The molecule has 2 rings (SSSR count). The van der Waals surface area contributed by atoms with E-state index < -0.39 is 6.10 Å². The van der Waals surface area contributed by atoms with Gasteiger partial charge in [0.15, 0.2) is 5.75 Å². The summed E-state index contributed by atoms with van der Waals surface area (Å²) in [5.74, 6) is 2.12. The molecule has 5 nitrogen and oxygen atoms in total. The maximum atomic E-state index is 10.5. The summed E-state index contributed by atoms with van der Waals surface area (Å²) >= 11 is 0. The van der Waals surface area contributed by atoms with Gasteiger partial charge >= 0.3 is 0 Å². The van der Waals surface area contributed by atoms with E-state index in [0.29, 0.717) is 11.4 Å². The minimum absolute atomic E-state index is 0.572. The number of hydrogen-bond donors (Lipinski definition) is 1. The van der Waals surface area contributed by atoms with Crippen LogP contribution in [-0.2, 0) is 7.05 Å². The van der Waals surface area contributed by atoms with Crippen molar-refractivity contribution in [2.24, 2.45) is 7.05 Å². The number of hydrogen-bond acceptors (Lipinski definition) is 4. The molecular formula is C13H18N2O3. The molecule has 0 bridgehead atoms. The molecule has 0 amide bonds. The third-order valence-electron chi connectivity index (χ3n) is 3.32. The molecule has 0 aromatic carbocycles. The summed E-state index contributed by atoms with van der Waals surface area (Å²) in [7, 11) is 3.34. The smallest absolute Gasteiger partial charge is 0.162 e. The highest BCUT2D eigenvalue weighted by molar-refractivity contribution is 5.41. The highest BCUT2D eigenvalue weighted by atomic mass is 16.5. The molecular weight excluding hydrogens is 232 g/mol. The number of furan rings is 1. The van der Waals surface area contributed by atoms with Crippen molar-refractivity contribution in [3.63, 3.8) is 0 Å². The predicted molar refractivity (Wildman–Crippen MR) is 66.7 cm³/mol. The van der Waals surface area contributed by atoms with Crippen molar-refractivity contribution in [2.75, 3.05) is 7.11 Å². The normalized spacial score (nSPS) is 12.8. The topological polar surface area (TPSA) is 60.4 Å². The Morgan fingerprint density at radius 2 is 2.00 bits per heavy atom. The Morgan fingerprint density at radius 1 is 1.33 bits per heavy atom. The van der Waals surface area contributed by atoms with Gasteiger partial charge in [-0.05, 0) is 26.3 Å². The first kappa shape index (κ1) is 12.7. The van der Waals surface area contributed by atoms with Gasteiger partial charge in [-0.15, -0.1) is 0 Å². The van der Waals surface area contributed by atoms with Crippen molar-refractivity contribution < 1.29 is 14.3 Å². The van der Waals surface area contributed by atoms with Crippen LogP contribution in [0.2, 0.25) is 0 Å². The Balaban J connectivity index is 2.54. The van der Waals surface area contributed by atoms with E-state index in [4.69, 9.17) is 9.15 Å². The summed E-state index contributed by atoms with van der Waals surface area (Å²) in [5.41, 5.74) is 2.38. The van der Waals surface area contributed by atoms with Gasteiger partial charge in [-0.25, -0.2) is 0 Å². The van der Waals surface area contributed by atoms with E-state index in [1.54, 1.807) is 25.0 Å². The van der Waals surface area contributed by atoms with E-state index in [2.05, 4.69) is 5.10 Å². The van der Waals surface area contributed by atoms with Crippen LogP contribution in [0.3, 0.4) is 0 Å². The fourth-order valence-electron chi connectivity index (χ4n) is 2.25. The third-order valence-corrected chi connectivity index (χ3v) is 3.32. The molecule has 0 aliphatic heterocycles. The molecule has 0 spiro atoms. The molecule has 0 aliphatic rings. The number of methoxy groups -OCH3 is 1. The van der Waals surface area contributed by atoms with Crippen LogP contribution in [0.25, 0.3) is 0 Å². The van der Waals surface area contributed by atoms with Crippen molar-refractivity contribution >= 4 is 0 Å². The molecule has 2 heterocycles. The van der Waals surface area contributed by atoms with Gasteiger partial charge in [-0.1, -0.05) is 0 Å². The first-order valence-corrected chi connectivity index (χ1v) is 5.77. The maximum Gasteiger partial charge on any atom is 0.162 e. The van der Waals surface area contributed by atoms with Crippen LogP contribution in [0.4, 0.5) is 0 Å². The van der Waals surface area contributed by atoms with Crippen molar-refractivity contribution in [2.45, 2.75) is 26.9 Å². The van der Waals surface area contributed by atoms with Gasteiger partial charge in [0, 0.05) is 12.6 Å². The number of aryl methyl sites for hydroxylation is 3. The molecule has 1 atom stereocenters. The molecule has 1 N–H and O–H groups in total. The largest absolute Gasteiger partial charge is 0.493 e. The van der Waals surface area contributed by atoms with E-state index in [1.807, 2.05) is 20.8 Å². The fourth-order valence-corrected chi connectivity index (χ4v) is 2.25. The standard InChI is InChI=1S/C13H18N2O3/c1-7-8(2)18-9(3)11(7)13(16)12-10(17-5)6-14-15(12)4/h6,13,16H,1-5H3. The van der Waals surface area contributed by atoms with Crippen LogP contribution in [-0.4, -0.2) is 22.0 Å². The van der Waals surface area contributed by atoms with Gasteiger partial charge in [0.25, 0.3) is 0 Å². The fraction of sp³-hybridized carbons (Fsp3) is 0.462. The Morgan fingerprint density at radius 3 is 2.50 bits per heavy atom. The lowest BCUT2D eigenvalue weighted by Crippen LogP contribution is -2.09. The second kappa shape index (κ2) is 4.49. The Labute approximate surface area is 106 Å². The SMILES string of the molecule is COc1cnn(C)c1C(O)c1c(C)oc(C)c1C. The molecule has 0 saturated carbocycles. The van der Waals surface area contributed by atoms with Crippen molar-refractivity contribution in [3.05, 3.63) is 34.5 Å². The second-order valence-corrected chi connectivity index (χ2v) is 4.38. The van der Waals surface area contributed by atoms with Crippen LogP contribution >= 0.6 is 0 Å². The minimum atomic E-state index is -0.801. The molecule has 0 radical (unpaired) electrons. The lowest BCUT2D eigenvalue weighted by molar-refractivity contribution is 0.201. The molecule has 2 aromatic rings. The first-order chi connectivity index (χ1) is 8.47. The van der Waals surface area contributed by atoms with E-state index in [-0.39, 0.29) is 0 Å². The zero-order valence-corrected chi connectivity index (χ0v) is 11.3. The van der Waals surface area contributed by atoms with E-state index in [0.717, 1.165) is 22.6 Å². The van der Waals surface area contributed by atoms with Crippen LogP contribution in [0.15, 0.2) is 10.6 Å². The number of aliphatic hydroxyl groups is 1. The number of aromatic nitrogens is 2. The monoisotopic (exact) mass is 250 g/mol. The van der Waals surface area contributed by atoms with E-state index in [9.17, 15) is 5.11 Å². The van der Waals surface area contributed by atoms with Crippen LogP contribution in [0.1, 0.15) is 34.4 Å². The Kier molecular flexibility index (Phi) is 3.17. The first-order valence-electron chi connectivity index (χ1n) is 5.77. The van der Waals surface area contributed by atoms with Crippen molar-refractivity contribution in [1.29, 1.82) is 0 Å². The van der Waals surface area contributed by atoms with Gasteiger partial charge in [0.1, 0.15) is 23.3 Å². The molecule has 1 unspecified atom stereocenters. The van der Waals surface area contributed by atoms with Gasteiger partial charge in [0.05, 0.1) is 13.3 Å². The molecule has 2 aromatic heterocycles. The van der Waals surface area contributed by atoms with E-state index >= 15 is 0 Å². The van der Waals surface area contributed by atoms with Crippen LogP contribution in [0, 0.1) is 20.8 Å². The van der Waals surface area contributed by atoms with Crippen molar-refractivity contribution in [1.82, 2.24) is 9.78 Å². The summed E-state index contributed by atoms with van der Waals surface area (Å²) in [6.45, 7) is 5.67. The average Bonchev–Trinajstić information content (AvgIpc) is 2.80. The predicted octanol–water partition coefficient (Wildman–Crippen LogP) is 2.03. The number of aliphatic hydroxyl groups excluding tert-OH is 1. The van der Waals surface area contributed by atoms with Gasteiger partial charge < -0.3 is 14.3 Å². The Bertz CT molecular complexity index is 569. The lowest BCUT2D eigenvalue weighted by Gasteiger charge is -2.13. The summed E-state index contributed by atoms with van der Waals surface area (Å²) in [4.78, 5) is 0. The second-order valence-electron chi connectivity index (χ2n) is 4.38. The zero-order chi connectivity index (χ0) is 13.4.